The first-order valence-corrected chi connectivity index (χ1v) is 3.62. The molecule has 3 nitrogen and oxygen atoms in total. The van der Waals surface area contributed by atoms with Crippen LogP contribution in [0.5, 0.6) is 0 Å². The summed E-state index contributed by atoms with van der Waals surface area (Å²) < 4.78 is 4.76. The number of carbonyl (C=O) groups excluding carboxylic acids is 1. The maximum Gasteiger partial charge on any atom is 0.339 e. The first-order chi connectivity index (χ1) is 5.63. The van der Waals surface area contributed by atoms with Gasteiger partial charge in [-0.3, -0.25) is 4.99 Å². The van der Waals surface area contributed by atoms with Crippen LogP contribution in [0.4, 0.5) is 0 Å². The zero-order valence-electron chi connectivity index (χ0n) is 7.46. The number of nitrogens with zero attached hydrogens (tertiary/aromatic N) is 1. The molecule has 0 rings (SSSR count). The van der Waals surface area contributed by atoms with Gasteiger partial charge in [-0.2, -0.15) is 0 Å². The van der Waals surface area contributed by atoms with Crippen molar-refractivity contribution in [2.45, 2.75) is 13.8 Å². The van der Waals surface area contributed by atoms with Crippen LogP contribution in [0.2, 0.25) is 0 Å². The summed E-state index contributed by atoms with van der Waals surface area (Å²) in [7, 11) is 0. The van der Waals surface area contributed by atoms with Crippen LogP contribution in [0, 0.1) is 0 Å². The Labute approximate surface area is 72.4 Å². The van der Waals surface area contributed by atoms with Gasteiger partial charge in [-0.1, -0.05) is 6.58 Å². The molecule has 0 fully saturated rings. The van der Waals surface area contributed by atoms with Gasteiger partial charge in [-0.05, 0) is 26.1 Å². The number of carbonyl (C=O) groups is 1. The Balaban J connectivity index is 4.52. The summed E-state index contributed by atoms with van der Waals surface area (Å²) in [5, 5.41) is 0. The summed E-state index contributed by atoms with van der Waals surface area (Å²) in [5.74, 6) is -0.405. The van der Waals surface area contributed by atoms with Crippen molar-refractivity contribution in [1.29, 1.82) is 0 Å². The fourth-order valence-electron chi connectivity index (χ4n) is 0.637. The first kappa shape index (κ1) is 10.6. The highest BCUT2D eigenvalue weighted by molar-refractivity contribution is 5.92. The third kappa shape index (κ3) is 3.14. The standard InChI is InChI=1S/C9H13NO2/c1-5-12-9(11)8(6-10-4)7(2)3/h6H,2,4-5H2,1,3H3/b8-6+. The Morgan fingerprint density at radius 3 is 2.58 bits per heavy atom. The van der Waals surface area contributed by atoms with Crippen LogP contribution in [-0.4, -0.2) is 19.3 Å². The van der Waals surface area contributed by atoms with Crippen molar-refractivity contribution in [2.75, 3.05) is 6.61 Å². The van der Waals surface area contributed by atoms with Crippen molar-refractivity contribution in [1.82, 2.24) is 0 Å². The summed E-state index contributed by atoms with van der Waals surface area (Å²) >= 11 is 0. The molecule has 3 heteroatoms. The molecule has 0 aromatic heterocycles. The Kier molecular flexibility index (Phi) is 4.69. The van der Waals surface area contributed by atoms with E-state index in [0.29, 0.717) is 17.8 Å². The van der Waals surface area contributed by atoms with Gasteiger partial charge in [0.2, 0.25) is 0 Å². The van der Waals surface area contributed by atoms with Crippen LogP contribution in [0.25, 0.3) is 0 Å². The largest absolute Gasteiger partial charge is 0.462 e. The zero-order valence-corrected chi connectivity index (χ0v) is 7.46. The van der Waals surface area contributed by atoms with Crippen molar-refractivity contribution in [2.24, 2.45) is 4.99 Å². The quantitative estimate of drug-likeness (QED) is 0.277. The highest BCUT2D eigenvalue weighted by Crippen LogP contribution is 2.08. The van der Waals surface area contributed by atoms with Crippen LogP contribution in [-0.2, 0) is 9.53 Å². The van der Waals surface area contributed by atoms with Gasteiger partial charge in [-0.15, -0.1) is 0 Å². The predicted octanol–water partition coefficient (Wildman–Crippen LogP) is 1.71. The van der Waals surface area contributed by atoms with Crippen molar-refractivity contribution < 1.29 is 9.53 Å². The van der Waals surface area contributed by atoms with E-state index in [9.17, 15) is 4.79 Å². The summed E-state index contributed by atoms with van der Waals surface area (Å²) in [6.07, 6.45) is 1.35. The highest BCUT2D eigenvalue weighted by Gasteiger charge is 2.09. The van der Waals surface area contributed by atoms with Crippen LogP contribution in [0.1, 0.15) is 13.8 Å². The molecular formula is C9H13NO2. The maximum absolute atomic E-state index is 11.1. The van der Waals surface area contributed by atoms with E-state index >= 15 is 0 Å². The van der Waals surface area contributed by atoms with Crippen LogP contribution in [0.3, 0.4) is 0 Å². The molecule has 0 aliphatic carbocycles. The Morgan fingerprint density at radius 2 is 2.25 bits per heavy atom. The monoisotopic (exact) mass is 167 g/mol. The summed E-state index contributed by atoms with van der Waals surface area (Å²) in [5.41, 5.74) is 0.993. The number of hydrogen-bond acceptors (Lipinski definition) is 3. The second kappa shape index (κ2) is 5.29. The molecule has 0 bridgehead atoms. The predicted molar refractivity (Wildman–Crippen MR) is 49.1 cm³/mol. The molecule has 0 radical (unpaired) electrons. The van der Waals surface area contributed by atoms with Gasteiger partial charge in [-0.25, -0.2) is 4.79 Å². The van der Waals surface area contributed by atoms with Gasteiger partial charge in [0.15, 0.2) is 0 Å². The van der Waals surface area contributed by atoms with E-state index in [0.717, 1.165) is 0 Å². The van der Waals surface area contributed by atoms with Crippen molar-refractivity contribution >= 4 is 12.7 Å². The van der Waals surface area contributed by atoms with Crippen molar-refractivity contribution in [3.8, 4) is 0 Å². The van der Waals surface area contributed by atoms with Gasteiger partial charge in [0.25, 0.3) is 0 Å². The average Bonchev–Trinajstić information content (AvgIpc) is 1.99. The molecule has 0 aromatic rings. The fraction of sp³-hybridized carbons (Fsp3) is 0.333. The molecule has 0 atom stereocenters. The molecule has 0 spiro atoms. The van der Waals surface area contributed by atoms with E-state index in [-0.39, 0.29) is 0 Å². The lowest BCUT2D eigenvalue weighted by molar-refractivity contribution is -0.138. The van der Waals surface area contributed by atoms with Crippen LogP contribution in [0.15, 0.2) is 28.9 Å². The fourth-order valence-corrected chi connectivity index (χ4v) is 0.637. The molecule has 66 valence electrons. The van der Waals surface area contributed by atoms with E-state index in [1.807, 2.05) is 0 Å². The topological polar surface area (TPSA) is 38.7 Å². The third-order valence-electron chi connectivity index (χ3n) is 1.18. The Morgan fingerprint density at radius 1 is 1.67 bits per heavy atom. The Bertz CT molecular complexity index is 229. The van der Waals surface area contributed by atoms with Gasteiger partial charge in [0, 0.05) is 6.20 Å². The van der Waals surface area contributed by atoms with Crippen molar-refractivity contribution in [3.63, 3.8) is 0 Å². The first-order valence-electron chi connectivity index (χ1n) is 3.62. The second-order valence-corrected chi connectivity index (χ2v) is 2.23. The highest BCUT2D eigenvalue weighted by atomic mass is 16.5. The molecular weight excluding hydrogens is 154 g/mol. The van der Waals surface area contributed by atoms with E-state index in [1.54, 1.807) is 13.8 Å². The minimum Gasteiger partial charge on any atom is -0.462 e. The molecule has 0 aromatic carbocycles. The molecule has 0 unspecified atom stereocenters. The summed E-state index contributed by atoms with van der Waals surface area (Å²) in [6, 6.07) is 0. The smallest absolute Gasteiger partial charge is 0.339 e. The average molecular weight is 167 g/mol. The minimum absolute atomic E-state index is 0.348. The van der Waals surface area contributed by atoms with Crippen LogP contribution < -0.4 is 0 Å². The lowest BCUT2D eigenvalue weighted by Crippen LogP contribution is -2.07. The number of esters is 1. The molecule has 0 saturated carbocycles. The molecule has 12 heavy (non-hydrogen) atoms. The normalized spacial score (nSPS) is 10.7. The molecule has 0 N–H and O–H groups in total. The zero-order chi connectivity index (χ0) is 9.56. The van der Waals surface area contributed by atoms with E-state index < -0.39 is 5.97 Å². The molecule has 0 aliphatic heterocycles. The van der Waals surface area contributed by atoms with E-state index in [4.69, 9.17) is 4.74 Å². The maximum atomic E-state index is 11.1. The minimum atomic E-state index is -0.405. The molecule has 0 amide bonds. The second-order valence-electron chi connectivity index (χ2n) is 2.23. The number of rotatable bonds is 4. The third-order valence-corrected chi connectivity index (χ3v) is 1.18. The molecule has 0 heterocycles. The SMILES string of the molecule is C=N/C=C(\C(=C)C)C(=O)OCC. The summed E-state index contributed by atoms with van der Waals surface area (Å²) in [6.45, 7) is 10.7. The van der Waals surface area contributed by atoms with E-state index in [1.165, 1.54) is 6.20 Å². The molecule has 0 aliphatic rings. The number of ether oxygens (including phenoxy) is 1. The molecule has 0 saturated heterocycles. The van der Waals surface area contributed by atoms with Gasteiger partial charge < -0.3 is 4.74 Å². The van der Waals surface area contributed by atoms with Gasteiger partial charge in [0.1, 0.15) is 0 Å². The number of hydrogen-bond donors (Lipinski definition) is 0. The lowest BCUT2D eigenvalue weighted by Gasteiger charge is -2.03. The number of aliphatic imine (C=N–C) groups is 1. The van der Waals surface area contributed by atoms with Gasteiger partial charge >= 0.3 is 5.97 Å². The summed E-state index contributed by atoms with van der Waals surface area (Å²) in [4.78, 5) is 14.6. The van der Waals surface area contributed by atoms with Crippen molar-refractivity contribution in [3.05, 3.63) is 23.9 Å². The van der Waals surface area contributed by atoms with Crippen LogP contribution >= 0.6 is 0 Å². The van der Waals surface area contributed by atoms with E-state index in [2.05, 4.69) is 18.3 Å². The lowest BCUT2D eigenvalue weighted by atomic mass is 10.1. The Hall–Kier alpha value is -1.38. The van der Waals surface area contributed by atoms with Gasteiger partial charge in [0.05, 0.1) is 12.2 Å².